The van der Waals surface area contributed by atoms with Crippen LogP contribution in [0.5, 0.6) is 0 Å². The third kappa shape index (κ3) is 4.40. The van der Waals surface area contributed by atoms with E-state index in [4.69, 9.17) is 9.15 Å². The van der Waals surface area contributed by atoms with E-state index < -0.39 is 5.91 Å². The quantitative estimate of drug-likeness (QED) is 0.560. The summed E-state index contributed by atoms with van der Waals surface area (Å²) in [6.07, 6.45) is 5.77. The van der Waals surface area contributed by atoms with Crippen LogP contribution in [0.4, 0.5) is 5.00 Å². The van der Waals surface area contributed by atoms with Crippen molar-refractivity contribution in [3.63, 3.8) is 0 Å². The first kappa shape index (κ1) is 22.8. The second-order valence-electron chi connectivity index (χ2n) is 9.14. The molecule has 1 aliphatic heterocycles. The Morgan fingerprint density at radius 3 is 2.71 bits per heavy atom. The van der Waals surface area contributed by atoms with Crippen LogP contribution in [-0.4, -0.2) is 31.1 Å². The number of rotatable bonds is 5. The van der Waals surface area contributed by atoms with E-state index in [1.165, 1.54) is 17.4 Å². The molecule has 7 nitrogen and oxygen atoms in total. The Bertz CT molecular complexity index is 1330. The van der Waals surface area contributed by atoms with E-state index in [9.17, 15) is 14.4 Å². The summed E-state index contributed by atoms with van der Waals surface area (Å²) in [6, 6.07) is 4.90. The normalized spacial score (nSPS) is 17.5. The van der Waals surface area contributed by atoms with E-state index in [-0.39, 0.29) is 23.2 Å². The van der Waals surface area contributed by atoms with Gasteiger partial charge in [0.2, 0.25) is 0 Å². The molecule has 5 rings (SSSR count). The van der Waals surface area contributed by atoms with Crippen LogP contribution in [0.1, 0.15) is 68.2 Å². The third-order valence-electron chi connectivity index (χ3n) is 6.54. The van der Waals surface area contributed by atoms with Gasteiger partial charge in [0, 0.05) is 24.1 Å². The minimum Gasteiger partial charge on any atom is -0.451 e. The molecular weight excluding hydrogens is 452 g/mol. The average Bonchev–Trinajstić information content (AvgIpc) is 3.44. The fourth-order valence-corrected chi connectivity index (χ4v) is 6.22. The highest BCUT2D eigenvalue weighted by Crippen LogP contribution is 2.38. The summed E-state index contributed by atoms with van der Waals surface area (Å²) >= 11 is 1.44. The van der Waals surface area contributed by atoms with Crippen molar-refractivity contribution in [2.75, 3.05) is 18.5 Å². The Balaban J connectivity index is 1.44. The summed E-state index contributed by atoms with van der Waals surface area (Å²) < 4.78 is 11.5. The van der Waals surface area contributed by atoms with Gasteiger partial charge in [-0.05, 0) is 75.1 Å². The van der Waals surface area contributed by atoms with Gasteiger partial charge in [-0.25, -0.2) is 0 Å². The lowest BCUT2D eigenvalue weighted by molar-refractivity contribution is 0.0858. The van der Waals surface area contributed by atoms with E-state index >= 15 is 0 Å². The van der Waals surface area contributed by atoms with Gasteiger partial charge in [-0.3, -0.25) is 14.4 Å². The lowest BCUT2D eigenvalue weighted by Crippen LogP contribution is -2.32. The summed E-state index contributed by atoms with van der Waals surface area (Å²) in [5.41, 5.74) is 3.43. The van der Waals surface area contributed by atoms with Gasteiger partial charge < -0.3 is 19.8 Å². The molecule has 2 amide bonds. The summed E-state index contributed by atoms with van der Waals surface area (Å²) in [5.74, 6) is -0.805. The lowest BCUT2D eigenvalue weighted by atomic mass is 9.95. The van der Waals surface area contributed by atoms with Crippen molar-refractivity contribution in [2.45, 2.75) is 58.5 Å². The molecule has 2 N–H and O–H groups in total. The van der Waals surface area contributed by atoms with Crippen LogP contribution >= 0.6 is 11.3 Å². The number of hydrogen-bond acceptors (Lipinski definition) is 6. The maximum atomic E-state index is 13.2. The minimum atomic E-state index is -0.537. The minimum absolute atomic E-state index is 0.0373. The number of amides is 2. The summed E-state index contributed by atoms with van der Waals surface area (Å²) in [7, 11) is 0. The molecule has 3 heterocycles. The smallest absolute Gasteiger partial charge is 0.292 e. The number of nitrogens with one attached hydrogen (secondary N) is 2. The van der Waals surface area contributed by atoms with Crippen molar-refractivity contribution >= 4 is 39.1 Å². The number of hydrogen-bond donors (Lipinski definition) is 2. The SMILES string of the molecule is Cc1cc(C)c2c(=O)cc(C(=O)Nc3sc4c(c3C(=O)NC[C@@H]3CCCO3)CCCC4)oc2c1. The van der Waals surface area contributed by atoms with Gasteiger partial charge in [-0.2, -0.15) is 0 Å². The summed E-state index contributed by atoms with van der Waals surface area (Å²) in [4.78, 5) is 40.2. The molecule has 178 valence electrons. The molecule has 0 unspecified atom stereocenters. The number of thiophene rings is 1. The second-order valence-corrected chi connectivity index (χ2v) is 10.2. The van der Waals surface area contributed by atoms with Gasteiger partial charge in [-0.1, -0.05) is 6.07 Å². The largest absolute Gasteiger partial charge is 0.451 e. The maximum absolute atomic E-state index is 13.2. The molecule has 8 heteroatoms. The number of ether oxygens (including phenoxy) is 1. The van der Waals surface area contributed by atoms with Crippen molar-refractivity contribution in [2.24, 2.45) is 0 Å². The van der Waals surface area contributed by atoms with Crippen LogP contribution in [-0.2, 0) is 17.6 Å². The van der Waals surface area contributed by atoms with E-state index in [0.717, 1.165) is 66.7 Å². The molecular formula is C26H28N2O5S. The molecule has 1 aromatic carbocycles. The molecule has 2 aromatic heterocycles. The van der Waals surface area contributed by atoms with Gasteiger partial charge in [0.05, 0.1) is 17.1 Å². The predicted molar refractivity (Wildman–Crippen MR) is 132 cm³/mol. The van der Waals surface area contributed by atoms with Gasteiger partial charge in [0.15, 0.2) is 11.2 Å². The molecule has 3 aromatic rings. The fraction of sp³-hybridized carbons (Fsp3) is 0.423. The van der Waals surface area contributed by atoms with Crippen molar-refractivity contribution in [1.29, 1.82) is 0 Å². The van der Waals surface area contributed by atoms with Crippen molar-refractivity contribution < 1.29 is 18.7 Å². The third-order valence-corrected chi connectivity index (χ3v) is 7.74. The molecule has 1 fully saturated rings. The van der Waals surface area contributed by atoms with Crippen LogP contribution in [0.3, 0.4) is 0 Å². The Hall–Kier alpha value is -2.97. The molecule has 34 heavy (non-hydrogen) atoms. The monoisotopic (exact) mass is 480 g/mol. The summed E-state index contributed by atoms with van der Waals surface area (Å²) in [6.45, 7) is 4.95. The molecule has 1 atom stereocenters. The highest BCUT2D eigenvalue weighted by molar-refractivity contribution is 7.17. The van der Waals surface area contributed by atoms with Crippen LogP contribution in [0.25, 0.3) is 11.0 Å². The molecule has 1 aliphatic carbocycles. The Labute approximate surface area is 201 Å². The van der Waals surface area contributed by atoms with Crippen LogP contribution < -0.4 is 16.1 Å². The number of carbonyl (C=O) groups is 2. The topological polar surface area (TPSA) is 97.6 Å². The van der Waals surface area contributed by atoms with Gasteiger partial charge in [0.25, 0.3) is 11.8 Å². The van der Waals surface area contributed by atoms with Crippen molar-refractivity contribution in [3.05, 3.63) is 61.3 Å². The number of carbonyl (C=O) groups excluding carboxylic acids is 2. The average molecular weight is 481 g/mol. The van der Waals surface area contributed by atoms with Crippen LogP contribution in [0.15, 0.2) is 27.4 Å². The summed E-state index contributed by atoms with van der Waals surface area (Å²) in [5, 5.41) is 6.84. The predicted octanol–water partition coefficient (Wildman–Crippen LogP) is 4.51. The van der Waals surface area contributed by atoms with E-state index in [2.05, 4.69) is 10.6 Å². The highest BCUT2D eigenvalue weighted by Gasteiger charge is 2.28. The highest BCUT2D eigenvalue weighted by atomic mass is 32.1. The Kier molecular flexibility index (Phi) is 6.27. The molecule has 2 aliphatic rings. The zero-order valence-corrected chi connectivity index (χ0v) is 20.2. The van der Waals surface area contributed by atoms with E-state index in [1.807, 2.05) is 19.9 Å². The number of benzene rings is 1. The zero-order chi connectivity index (χ0) is 23.8. The standard InChI is InChI=1S/C26H28N2O5S/c1-14-10-15(2)22-18(29)12-20(33-19(22)11-14)24(30)28-26-23(17-7-3-4-8-21(17)34-26)25(31)27-13-16-6-5-9-32-16/h10-12,16H,3-9,13H2,1-2H3,(H,27,31)(H,28,30)/t16-/m0/s1. The van der Waals surface area contributed by atoms with Gasteiger partial charge in [0.1, 0.15) is 10.6 Å². The molecule has 0 saturated carbocycles. The van der Waals surface area contributed by atoms with Crippen LogP contribution in [0, 0.1) is 13.8 Å². The molecule has 0 spiro atoms. The number of aryl methyl sites for hydroxylation is 3. The van der Waals surface area contributed by atoms with E-state index in [1.54, 1.807) is 6.07 Å². The Morgan fingerprint density at radius 1 is 1.09 bits per heavy atom. The lowest BCUT2D eigenvalue weighted by Gasteiger charge is -2.15. The fourth-order valence-electron chi connectivity index (χ4n) is 4.94. The van der Waals surface area contributed by atoms with Gasteiger partial charge in [-0.15, -0.1) is 11.3 Å². The number of anilines is 1. The Morgan fingerprint density at radius 2 is 1.91 bits per heavy atom. The van der Waals surface area contributed by atoms with Gasteiger partial charge >= 0.3 is 0 Å². The van der Waals surface area contributed by atoms with Crippen LogP contribution in [0.2, 0.25) is 0 Å². The zero-order valence-electron chi connectivity index (χ0n) is 19.4. The second kappa shape index (κ2) is 9.35. The van der Waals surface area contributed by atoms with E-state index in [0.29, 0.717) is 28.1 Å². The maximum Gasteiger partial charge on any atom is 0.292 e. The molecule has 0 radical (unpaired) electrons. The first-order chi connectivity index (χ1) is 16.4. The molecule has 1 saturated heterocycles. The first-order valence-corrected chi connectivity index (χ1v) is 12.6. The first-order valence-electron chi connectivity index (χ1n) is 11.8. The molecule has 0 bridgehead atoms. The number of fused-ring (bicyclic) bond motifs is 2. The van der Waals surface area contributed by atoms with Crippen molar-refractivity contribution in [3.8, 4) is 0 Å². The van der Waals surface area contributed by atoms with Crippen molar-refractivity contribution in [1.82, 2.24) is 5.32 Å².